The van der Waals surface area contributed by atoms with Crippen LogP contribution in [0.25, 0.3) is 4.85 Å². The van der Waals surface area contributed by atoms with Crippen molar-refractivity contribution < 1.29 is 22.7 Å². The minimum atomic E-state index is -4.95. The monoisotopic (exact) mass is 387 g/mol. The Kier molecular flexibility index (Phi) is 4.38. The molecule has 2 atom stereocenters. The molecule has 144 valence electrons. The molecule has 0 aromatic heterocycles. The lowest BCUT2D eigenvalue weighted by Crippen LogP contribution is -2.52. The number of amides is 1. The first-order valence-corrected chi connectivity index (χ1v) is 8.81. The zero-order chi connectivity index (χ0) is 19.9. The van der Waals surface area contributed by atoms with Crippen LogP contribution < -0.4 is 15.0 Å². The lowest BCUT2D eigenvalue weighted by atomic mass is 9.89. The van der Waals surface area contributed by atoms with Gasteiger partial charge in [0.2, 0.25) is 0 Å². The number of ether oxygens (including phenoxy) is 1. The molecule has 0 bridgehead atoms. The number of carbonyl (C=O) groups is 1. The first-order valence-electron chi connectivity index (χ1n) is 8.81. The number of alkyl halides is 3. The number of halogens is 3. The second-order valence-electron chi connectivity index (χ2n) is 6.76. The molecule has 0 radical (unpaired) electrons. The third-order valence-corrected chi connectivity index (χ3v) is 5.04. The minimum Gasteiger partial charge on any atom is -0.455 e. The van der Waals surface area contributed by atoms with Gasteiger partial charge in [0.05, 0.1) is 24.3 Å². The van der Waals surface area contributed by atoms with Gasteiger partial charge in [-0.3, -0.25) is 4.79 Å². The molecule has 0 saturated carbocycles. The number of benzene rings is 2. The fraction of sp³-hybridized carbons (Fsp3) is 0.300. The topological polar surface area (TPSA) is 45.9 Å². The molecule has 2 aliphatic rings. The van der Waals surface area contributed by atoms with E-state index in [9.17, 15) is 18.0 Å². The van der Waals surface area contributed by atoms with Crippen molar-refractivity contribution in [1.82, 2.24) is 5.32 Å². The van der Waals surface area contributed by atoms with E-state index in [0.717, 1.165) is 0 Å². The van der Waals surface area contributed by atoms with Crippen molar-refractivity contribution in [3.8, 4) is 11.5 Å². The van der Waals surface area contributed by atoms with Crippen molar-refractivity contribution in [2.45, 2.75) is 31.1 Å². The van der Waals surface area contributed by atoms with Crippen molar-refractivity contribution in [3.63, 3.8) is 0 Å². The number of nitrogens with zero attached hydrogens (tertiary/aromatic N) is 2. The van der Waals surface area contributed by atoms with Crippen LogP contribution in [0.15, 0.2) is 42.5 Å². The van der Waals surface area contributed by atoms with Crippen LogP contribution in [0.2, 0.25) is 0 Å². The maximum atomic E-state index is 12.9. The molecule has 2 aliphatic heterocycles. The van der Waals surface area contributed by atoms with Gasteiger partial charge < -0.3 is 15.0 Å². The molecule has 28 heavy (non-hydrogen) atoms. The summed E-state index contributed by atoms with van der Waals surface area (Å²) in [4.78, 5) is 17.0. The Morgan fingerprint density at radius 1 is 1.21 bits per heavy atom. The third-order valence-electron chi connectivity index (χ3n) is 5.04. The van der Waals surface area contributed by atoms with Gasteiger partial charge >= 0.3 is 12.1 Å². The van der Waals surface area contributed by atoms with Crippen LogP contribution >= 0.6 is 0 Å². The summed E-state index contributed by atoms with van der Waals surface area (Å²) in [5, 5.41) is 2.16. The Morgan fingerprint density at radius 3 is 2.75 bits per heavy atom. The van der Waals surface area contributed by atoms with Gasteiger partial charge in [-0.2, -0.15) is 13.2 Å². The molecular weight excluding hydrogens is 371 g/mol. The molecular formula is C20H16F3N3O2. The average molecular weight is 387 g/mol. The summed E-state index contributed by atoms with van der Waals surface area (Å²) in [6, 6.07) is 10.9. The van der Waals surface area contributed by atoms with Gasteiger partial charge in [0.25, 0.3) is 0 Å². The van der Waals surface area contributed by atoms with Crippen molar-refractivity contribution in [3.05, 3.63) is 59.4 Å². The van der Waals surface area contributed by atoms with Crippen LogP contribution in [-0.4, -0.2) is 24.7 Å². The van der Waals surface area contributed by atoms with Crippen molar-refractivity contribution in [1.29, 1.82) is 0 Å². The molecule has 2 heterocycles. The van der Waals surface area contributed by atoms with Crippen LogP contribution in [0.3, 0.4) is 0 Å². The summed E-state index contributed by atoms with van der Waals surface area (Å²) in [5.74, 6) is -0.887. The van der Waals surface area contributed by atoms with Gasteiger partial charge in [-0.05, 0) is 31.0 Å². The molecule has 0 spiro atoms. The number of rotatable bonds is 1. The Balaban J connectivity index is 1.82. The number of anilines is 1. The van der Waals surface area contributed by atoms with Crippen molar-refractivity contribution in [2.24, 2.45) is 0 Å². The van der Waals surface area contributed by atoms with Crippen LogP contribution in [0.1, 0.15) is 24.4 Å². The fourth-order valence-electron chi connectivity index (χ4n) is 3.87. The van der Waals surface area contributed by atoms with Gasteiger partial charge in [-0.15, -0.1) is 0 Å². The van der Waals surface area contributed by atoms with E-state index in [2.05, 4.69) is 10.2 Å². The normalized spacial score (nSPS) is 20.6. The highest BCUT2D eigenvalue weighted by Crippen LogP contribution is 2.48. The molecule has 1 N–H and O–H groups in total. The molecule has 0 unspecified atom stereocenters. The number of para-hydroxylation sites is 1. The number of nitrogens with one attached hydrogen (secondary N) is 1. The molecule has 8 heteroatoms. The molecule has 2 aromatic rings. The predicted molar refractivity (Wildman–Crippen MR) is 96.5 cm³/mol. The van der Waals surface area contributed by atoms with Crippen LogP contribution in [0.4, 0.5) is 24.5 Å². The van der Waals surface area contributed by atoms with Gasteiger partial charge in [0, 0.05) is 12.1 Å². The summed E-state index contributed by atoms with van der Waals surface area (Å²) in [7, 11) is 0. The SMILES string of the molecule is [C-]#[N+]c1ccc2c(c1)N1CCC[C@H](NC(=O)C(F)(F)F)[C@H]1c1ccccc1O2. The lowest BCUT2D eigenvalue weighted by Gasteiger charge is -2.42. The quantitative estimate of drug-likeness (QED) is 0.720. The Labute approximate surface area is 159 Å². The molecule has 1 saturated heterocycles. The van der Waals surface area contributed by atoms with E-state index >= 15 is 0 Å². The van der Waals surface area contributed by atoms with Gasteiger partial charge in [-0.25, -0.2) is 4.85 Å². The van der Waals surface area contributed by atoms with Crippen molar-refractivity contribution >= 4 is 17.3 Å². The Bertz CT molecular complexity index is 968. The number of fused-ring (bicyclic) bond motifs is 5. The van der Waals surface area contributed by atoms with E-state index in [4.69, 9.17) is 11.3 Å². The first-order chi connectivity index (χ1) is 13.4. The number of hydrogen-bond acceptors (Lipinski definition) is 3. The highest BCUT2D eigenvalue weighted by Gasteiger charge is 2.44. The maximum absolute atomic E-state index is 12.9. The van der Waals surface area contributed by atoms with E-state index in [1.165, 1.54) is 0 Å². The molecule has 1 fully saturated rings. The molecule has 2 aromatic carbocycles. The second-order valence-corrected chi connectivity index (χ2v) is 6.76. The van der Waals surface area contributed by atoms with E-state index in [1.54, 1.807) is 42.5 Å². The largest absolute Gasteiger partial charge is 0.471 e. The number of piperidine rings is 1. The maximum Gasteiger partial charge on any atom is 0.471 e. The highest BCUT2D eigenvalue weighted by molar-refractivity contribution is 5.82. The standard InChI is InChI=1S/C20H16F3N3O2/c1-24-12-8-9-17-15(11-12)26-10-4-6-14(25-19(27)20(21,22)23)18(26)13-5-2-3-7-16(13)28-17/h2-3,5,7-9,11,14,18H,4,6,10H2,(H,25,27)/t14-,18+/m0/s1. The first kappa shape index (κ1) is 18.2. The summed E-state index contributed by atoms with van der Waals surface area (Å²) in [5.41, 5.74) is 1.75. The zero-order valence-corrected chi connectivity index (χ0v) is 14.7. The zero-order valence-electron chi connectivity index (χ0n) is 14.7. The second kappa shape index (κ2) is 6.75. The van der Waals surface area contributed by atoms with E-state index < -0.39 is 24.2 Å². The summed E-state index contributed by atoms with van der Waals surface area (Å²) in [6.07, 6.45) is -3.93. The number of hydrogen-bond donors (Lipinski definition) is 1. The van der Waals surface area contributed by atoms with E-state index in [-0.39, 0.29) is 0 Å². The molecule has 1 amide bonds. The summed E-state index contributed by atoms with van der Waals surface area (Å²) >= 11 is 0. The highest BCUT2D eigenvalue weighted by atomic mass is 19.4. The Morgan fingerprint density at radius 2 is 2.00 bits per heavy atom. The average Bonchev–Trinajstić information content (AvgIpc) is 2.82. The number of carbonyl (C=O) groups excluding carboxylic acids is 1. The minimum absolute atomic E-state index is 0.411. The van der Waals surface area contributed by atoms with E-state index in [0.29, 0.717) is 47.8 Å². The van der Waals surface area contributed by atoms with Gasteiger partial charge in [0.1, 0.15) is 11.5 Å². The van der Waals surface area contributed by atoms with Crippen LogP contribution in [0, 0.1) is 6.57 Å². The molecule has 5 nitrogen and oxygen atoms in total. The van der Waals surface area contributed by atoms with Crippen LogP contribution in [-0.2, 0) is 4.79 Å². The van der Waals surface area contributed by atoms with Crippen molar-refractivity contribution in [2.75, 3.05) is 11.4 Å². The predicted octanol–water partition coefficient (Wildman–Crippen LogP) is 4.73. The summed E-state index contributed by atoms with van der Waals surface area (Å²) in [6.45, 7) is 7.84. The Hall–Kier alpha value is -3.21. The van der Waals surface area contributed by atoms with Gasteiger partial charge in [-0.1, -0.05) is 24.3 Å². The van der Waals surface area contributed by atoms with Crippen LogP contribution in [0.5, 0.6) is 11.5 Å². The summed E-state index contributed by atoms with van der Waals surface area (Å²) < 4.78 is 44.6. The van der Waals surface area contributed by atoms with E-state index in [1.807, 2.05) is 4.90 Å². The smallest absolute Gasteiger partial charge is 0.455 e. The lowest BCUT2D eigenvalue weighted by molar-refractivity contribution is -0.174. The van der Waals surface area contributed by atoms with Gasteiger partial charge in [0.15, 0.2) is 5.69 Å². The third kappa shape index (κ3) is 3.13. The molecule has 4 rings (SSSR count). The fourth-order valence-corrected chi connectivity index (χ4v) is 3.87. The molecule has 0 aliphatic carbocycles.